The van der Waals surface area contributed by atoms with Gasteiger partial charge in [0.1, 0.15) is 0 Å². The number of hydrogen-bond acceptors (Lipinski definition) is 2. The Kier molecular flexibility index (Phi) is 3.62. The van der Waals surface area contributed by atoms with Gasteiger partial charge in [-0.15, -0.1) is 11.3 Å². The molecule has 0 aliphatic heterocycles. The second kappa shape index (κ2) is 5.78. The Bertz CT molecular complexity index is 969. The summed E-state index contributed by atoms with van der Waals surface area (Å²) in [7, 11) is 0. The predicted molar refractivity (Wildman–Crippen MR) is 101 cm³/mol. The molecule has 0 aliphatic rings. The average Bonchev–Trinajstić information content (AvgIpc) is 2.98. The minimum Gasteiger partial charge on any atom is -0.256 e. The fourth-order valence-electron chi connectivity index (χ4n) is 3.16. The molecule has 2 heterocycles. The van der Waals surface area contributed by atoms with Crippen LogP contribution in [0, 0.1) is 0 Å². The Morgan fingerprint density at radius 3 is 2.57 bits per heavy atom. The van der Waals surface area contributed by atoms with Crippen LogP contribution in [0.25, 0.3) is 31.4 Å². The van der Waals surface area contributed by atoms with E-state index in [0.717, 1.165) is 12.1 Å². The summed E-state index contributed by atoms with van der Waals surface area (Å²) in [5.41, 5.74) is 3.75. The molecular formula is C21H19NS. The molecule has 0 amide bonds. The molecule has 2 heteroatoms. The van der Waals surface area contributed by atoms with Gasteiger partial charge in [0.25, 0.3) is 0 Å². The fraction of sp³-hybridized carbons (Fsp3) is 0.190. The van der Waals surface area contributed by atoms with Crippen molar-refractivity contribution in [3.8, 4) is 11.3 Å². The maximum Gasteiger partial charge on any atom is 0.0705 e. The van der Waals surface area contributed by atoms with E-state index in [2.05, 4.69) is 67.4 Å². The number of rotatable bonds is 3. The zero-order valence-electron chi connectivity index (χ0n) is 13.4. The summed E-state index contributed by atoms with van der Waals surface area (Å²) in [6.45, 7) is 4.56. The highest BCUT2D eigenvalue weighted by Crippen LogP contribution is 2.40. The molecule has 0 aliphatic carbocycles. The van der Waals surface area contributed by atoms with Crippen LogP contribution in [0.2, 0.25) is 0 Å². The van der Waals surface area contributed by atoms with Crippen LogP contribution >= 0.6 is 11.3 Å². The summed E-state index contributed by atoms with van der Waals surface area (Å²) in [6, 6.07) is 19.6. The number of benzene rings is 2. The third kappa shape index (κ3) is 2.43. The Balaban J connectivity index is 2.06. The minimum atomic E-state index is 0.529. The first-order valence-corrected chi connectivity index (χ1v) is 8.96. The second-order valence-corrected chi connectivity index (χ2v) is 7.14. The normalized spacial score (nSPS) is 12.8. The van der Waals surface area contributed by atoms with Crippen molar-refractivity contribution in [2.45, 2.75) is 26.2 Å². The van der Waals surface area contributed by atoms with Gasteiger partial charge in [-0.05, 0) is 48.2 Å². The van der Waals surface area contributed by atoms with Gasteiger partial charge >= 0.3 is 0 Å². The molecule has 2 aromatic carbocycles. The molecule has 1 atom stereocenters. The van der Waals surface area contributed by atoms with Crippen LogP contribution < -0.4 is 0 Å². The predicted octanol–water partition coefficient (Wildman–Crippen LogP) is 6.63. The molecule has 114 valence electrons. The molecule has 0 radical (unpaired) electrons. The van der Waals surface area contributed by atoms with Gasteiger partial charge in [-0.25, -0.2) is 0 Å². The topological polar surface area (TPSA) is 12.9 Å². The molecule has 4 rings (SSSR count). The van der Waals surface area contributed by atoms with Crippen molar-refractivity contribution in [2.75, 3.05) is 0 Å². The maximum atomic E-state index is 4.60. The lowest BCUT2D eigenvalue weighted by Gasteiger charge is -2.15. The molecule has 0 spiro atoms. The van der Waals surface area contributed by atoms with Crippen molar-refractivity contribution < 1.29 is 0 Å². The third-order valence-electron chi connectivity index (χ3n) is 4.63. The Morgan fingerprint density at radius 1 is 0.957 bits per heavy atom. The van der Waals surface area contributed by atoms with Gasteiger partial charge in [-0.1, -0.05) is 38.1 Å². The number of nitrogens with zero attached hydrogens (tertiary/aromatic N) is 1. The van der Waals surface area contributed by atoms with Gasteiger partial charge in [0.15, 0.2) is 0 Å². The van der Waals surface area contributed by atoms with Crippen LogP contribution in [0.15, 0.2) is 60.8 Å². The van der Waals surface area contributed by atoms with Crippen molar-refractivity contribution in [3.63, 3.8) is 0 Å². The van der Waals surface area contributed by atoms with E-state index in [1.54, 1.807) is 0 Å². The van der Waals surface area contributed by atoms with E-state index in [0.29, 0.717) is 5.92 Å². The lowest BCUT2D eigenvalue weighted by atomic mass is 9.90. The first-order valence-electron chi connectivity index (χ1n) is 8.14. The van der Waals surface area contributed by atoms with Crippen LogP contribution in [0.5, 0.6) is 0 Å². The number of fused-ring (bicyclic) bond motifs is 3. The highest BCUT2D eigenvalue weighted by molar-refractivity contribution is 7.25. The first-order chi connectivity index (χ1) is 11.3. The Hall–Kier alpha value is -2.19. The number of pyridine rings is 1. The van der Waals surface area contributed by atoms with Crippen LogP contribution in [-0.2, 0) is 0 Å². The first kappa shape index (κ1) is 14.4. The van der Waals surface area contributed by atoms with Gasteiger partial charge in [0.2, 0.25) is 0 Å². The summed E-state index contributed by atoms with van der Waals surface area (Å²) >= 11 is 1.89. The quantitative estimate of drug-likeness (QED) is 0.413. The monoisotopic (exact) mass is 317 g/mol. The highest BCUT2D eigenvalue weighted by Gasteiger charge is 2.15. The van der Waals surface area contributed by atoms with Crippen molar-refractivity contribution in [1.29, 1.82) is 0 Å². The maximum absolute atomic E-state index is 4.60. The SMILES string of the molecule is CCC(C)c1cc2sc3ccccc3c2cc1-c1ccccn1. The second-order valence-electron chi connectivity index (χ2n) is 6.06. The molecule has 1 nitrogen and oxygen atoms in total. The van der Waals surface area contributed by atoms with Crippen LogP contribution in [0.1, 0.15) is 31.7 Å². The van der Waals surface area contributed by atoms with E-state index in [1.807, 2.05) is 23.6 Å². The zero-order chi connectivity index (χ0) is 15.8. The molecule has 0 fully saturated rings. The largest absolute Gasteiger partial charge is 0.256 e. The van der Waals surface area contributed by atoms with Crippen molar-refractivity contribution in [2.24, 2.45) is 0 Å². The van der Waals surface area contributed by atoms with Gasteiger partial charge in [0.05, 0.1) is 5.69 Å². The van der Waals surface area contributed by atoms with Crippen LogP contribution in [-0.4, -0.2) is 4.98 Å². The molecular weight excluding hydrogens is 298 g/mol. The molecule has 23 heavy (non-hydrogen) atoms. The molecule has 0 saturated carbocycles. The fourth-order valence-corrected chi connectivity index (χ4v) is 4.29. The van der Waals surface area contributed by atoms with Crippen LogP contribution in [0.4, 0.5) is 0 Å². The van der Waals surface area contributed by atoms with E-state index in [-0.39, 0.29) is 0 Å². The smallest absolute Gasteiger partial charge is 0.0705 e. The molecule has 1 unspecified atom stereocenters. The minimum absolute atomic E-state index is 0.529. The summed E-state index contributed by atoms with van der Waals surface area (Å²) in [5.74, 6) is 0.529. The van der Waals surface area contributed by atoms with Crippen molar-refractivity contribution >= 4 is 31.5 Å². The standard InChI is InChI=1S/C21H19NS/c1-3-14(2)16-13-21-18(15-8-4-5-10-20(15)23-21)12-17(16)19-9-6-7-11-22-19/h4-14H,3H2,1-2H3. The highest BCUT2D eigenvalue weighted by atomic mass is 32.1. The van der Waals surface area contributed by atoms with E-state index in [4.69, 9.17) is 0 Å². The molecule has 2 aromatic heterocycles. The number of thiophene rings is 1. The van der Waals surface area contributed by atoms with E-state index in [9.17, 15) is 0 Å². The Morgan fingerprint density at radius 2 is 1.78 bits per heavy atom. The molecule has 0 saturated heterocycles. The van der Waals surface area contributed by atoms with Gasteiger partial charge in [0, 0.05) is 31.9 Å². The van der Waals surface area contributed by atoms with E-state index in [1.165, 1.54) is 31.3 Å². The zero-order valence-corrected chi connectivity index (χ0v) is 14.2. The average molecular weight is 317 g/mol. The molecule has 0 N–H and O–H groups in total. The van der Waals surface area contributed by atoms with Crippen molar-refractivity contribution in [1.82, 2.24) is 4.98 Å². The van der Waals surface area contributed by atoms with E-state index >= 15 is 0 Å². The summed E-state index contributed by atoms with van der Waals surface area (Å²) in [4.78, 5) is 4.60. The number of aromatic nitrogens is 1. The lowest BCUT2D eigenvalue weighted by Crippen LogP contribution is -1.96. The van der Waals surface area contributed by atoms with Crippen molar-refractivity contribution in [3.05, 3.63) is 66.4 Å². The molecule has 0 bridgehead atoms. The Labute approximate surface area is 140 Å². The number of hydrogen-bond donors (Lipinski definition) is 0. The summed E-state index contributed by atoms with van der Waals surface area (Å²) in [5, 5.41) is 2.69. The van der Waals surface area contributed by atoms with Gasteiger partial charge in [-0.3, -0.25) is 4.98 Å². The van der Waals surface area contributed by atoms with Gasteiger partial charge < -0.3 is 0 Å². The van der Waals surface area contributed by atoms with Gasteiger partial charge in [-0.2, -0.15) is 0 Å². The summed E-state index contributed by atoms with van der Waals surface area (Å²) in [6.07, 6.45) is 3.02. The third-order valence-corrected chi connectivity index (χ3v) is 5.77. The lowest BCUT2D eigenvalue weighted by molar-refractivity contribution is 0.736. The summed E-state index contributed by atoms with van der Waals surface area (Å²) < 4.78 is 2.73. The van der Waals surface area contributed by atoms with E-state index < -0.39 is 0 Å². The van der Waals surface area contributed by atoms with Crippen LogP contribution in [0.3, 0.4) is 0 Å². The molecule has 4 aromatic rings.